The number of hydrogen-bond donors (Lipinski definition) is 1. The summed E-state index contributed by atoms with van der Waals surface area (Å²) in [6.45, 7) is 6.01. The van der Waals surface area contributed by atoms with E-state index in [9.17, 15) is 4.39 Å². The SMILES string of the molecule is CC(C)Oc1ccc(C(C)Nc2ccc(Cl)c(F)c2)cc1. The van der Waals surface area contributed by atoms with Gasteiger partial charge >= 0.3 is 0 Å². The highest BCUT2D eigenvalue weighted by atomic mass is 35.5. The van der Waals surface area contributed by atoms with Crippen LogP contribution in [0.15, 0.2) is 42.5 Å². The standard InChI is InChI=1S/C17H19ClFNO/c1-11(2)21-15-7-4-13(5-8-15)12(3)20-14-6-9-16(18)17(19)10-14/h4-12,20H,1-3H3. The monoisotopic (exact) mass is 307 g/mol. The molecule has 1 unspecified atom stereocenters. The number of hydrogen-bond acceptors (Lipinski definition) is 2. The highest BCUT2D eigenvalue weighted by molar-refractivity contribution is 6.30. The van der Waals surface area contributed by atoms with Crippen LogP contribution in [0.4, 0.5) is 10.1 Å². The van der Waals surface area contributed by atoms with Crippen molar-refractivity contribution in [3.63, 3.8) is 0 Å². The molecular weight excluding hydrogens is 289 g/mol. The minimum atomic E-state index is -0.422. The lowest BCUT2D eigenvalue weighted by Gasteiger charge is -2.17. The van der Waals surface area contributed by atoms with Gasteiger partial charge in [-0.25, -0.2) is 4.39 Å². The molecule has 0 aliphatic heterocycles. The number of rotatable bonds is 5. The summed E-state index contributed by atoms with van der Waals surface area (Å²) in [7, 11) is 0. The molecule has 0 spiro atoms. The van der Waals surface area contributed by atoms with Gasteiger partial charge in [-0.3, -0.25) is 0 Å². The van der Waals surface area contributed by atoms with Gasteiger partial charge in [0.2, 0.25) is 0 Å². The van der Waals surface area contributed by atoms with Gasteiger partial charge in [-0.05, 0) is 56.7 Å². The Morgan fingerprint density at radius 2 is 1.71 bits per heavy atom. The van der Waals surface area contributed by atoms with Gasteiger partial charge in [-0.2, -0.15) is 0 Å². The molecule has 0 aromatic heterocycles. The number of halogens is 2. The molecule has 1 atom stereocenters. The van der Waals surface area contributed by atoms with Gasteiger partial charge in [0, 0.05) is 11.7 Å². The average Bonchev–Trinajstić information content (AvgIpc) is 2.43. The molecule has 0 amide bonds. The summed E-state index contributed by atoms with van der Waals surface area (Å²) in [6.07, 6.45) is 0.156. The second-order valence-corrected chi connectivity index (χ2v) is 5.64. The minimum absolute atomic E-state index is 0.0543. The van der Waals surface area contributed by atoms with Crippen LogP contribution in [-0.2, 0) is 0 Å². The number of benzene rings is 2. The Kier molecular flexibility index (Phi) is 5.07. The molecule has 0 saturated heterocycles. The van der Waals surface area contributed by atoms with E-state index < -0.39 is 5.82 Å². The molecule has 0 bridgehead atoms. The van der Waals surface area contributed by atoms with Crippen LogP contribution in [0.5, 0.6) is 5.75 Å². The van der Waals surface area contributed by atoms with Crippen molar-refractivity contribution in [2.45, 2.75) is 32.9 Å². The first kappa shape index (κ1) is 15.6. The van der Waals surface area contributed by atoms with E-state index >= 15 is 0 Å². The van der Waals surface area contributed by atoms with Gasteiger partial charge in [0.1, 0.15) is 11.6 Å². The fourth-order valence-electron chi connectivity index (χ4n) is 2.03. The van der Waals surface area contributed by atoms with E-state index in [1.165, 1.54) is 6.07 Å². The second-order valence-electron chi connectivity index (χ2n) is 5.23. The predicted octanol–water partition coefficient (Wildman–Crippen LogP) is 5.44. The fourth-order valence-corrected chi connectivity index (χ4v) is 2.14. The summed E-state index contributed by atoms with van der Waals surface area (Å²) in [6, 6.07) is 12.6. The molecule has 2 aromatic carbocycles. The van der Waals surface area contributed by atoms with E-state index in [1.54, 1.807) is 12.1 Å². The van der Waals surface area contributed by atoms with Crippen molar-refractivity contribution >= 4 is 17.3 Å². The molecule has 1 N–H and O–H groups in total. The van der Waals surface area contributed by atoms with E-state index in [2.05, 4.69) is 5.32 Å². The van der Waals surface area contributed by atoms with Crippen LogP contribution in [0.2, 0.25) is 5.02 Å². The number of anilines is 1. The highest BCUT2D eigenvalue weighted by Crippen LogP contribution is 2.24. The first-order chi connectivity index (χ1) is 9.95. The van der Waals surface area contributed by atoms with Crippen LogP contribution in [-0.4, -0.2) is 6.10 Å². The highest BCUT2D eigenvalue weighted by Gasteiger charge is 2.08. The van der Waals surface area contributed by atoms with Crippen molar-refractivity contribution in [3.8, 4) is 5.75 Å². The number of ether oxygens (including phenoxy) is 1. The minimum Gasteiger partial charge on any atom is -0.491 e. The third-order valence-electron chi connectivity index (χ3n) is 3.05. The largest absolute Gasteiger partial charge is 0.491 e. The van der Waals surface area contributed by atoms with Crippen LogP contribution >= 0.6 is 11.6 Å². The Hall–Kier alpha value is -1.74. The molecule has 2 aromatic rings. The maximum absolute atomic E-state index is 13.4. The summed E-state index contributed by atoms with van der Waals surface area (Å²) in [5.74, 6) is 0.424. The Labute approximate surface area is 129 Å². The van der Waals surface area contributed by atoms with Crippen LogP contribution in [0.3, 0.4) is 0 Å². The molecule has 0 saturated carbocycles. The van der Waals surface area contributed by atoms with Gasteiger partial charge in [0.05, 0.1) is 11.1 Å². The predicted molar refractivity (Wildman–Crippen MR) is 85.7 cm³/mol. The fraction of sp³-hybridized carbons (Fsp3) is 0.294. The topological polar surface area (TPSA) is 21.3 Å². The molecular formula is C17H19ClFNO. The van der Waals surface area contributed by atoms with Crippen molar-refractivity contribution in [2.24, 2.45) is 0 Å². The molecule has 0 radical (unpaired) electrons. The summed E-state index contributed by atoms with van der Waals surface area (Å²) in [5, 5.41) is 3.38. The third kappa shape index (κ3) is 4.36. The van der Waals surface area contributed by atoms with E-state index in [1.807, 2.05) is 45.0 Å². The maximum atomic E-state index is 13.4. The van der Waals surface area contributed by atoms with Crippen molar-refractivity contribution in [2.75, 3.05) is 5.32 Å². The third-order valence-corrected chi connectivity index (χ3v) is 3.36. The lowest BCUT2D eigenvalue weighted by molar-refractivity contribution is 0.242. The quantitative estimate of drug-likeness (QED) is 0.794. The normalized spacial score (nSPS) is 12.3. The van der Waals surface area contributed by atoms with Crippen molar-refractivity contribution in [3.05, 3.63) is 58.9 Å². The zero-order valence-corrected chi connectivity index (χ0v) is 13.1. The zero-order chi connectivity index (χ0) is 15.4. The Balaban J connectivity index is 2.05. The summed E-state index contributed by atoms with van der Waals surface area (Å²) < 4.78 is 19.0. The summed E-state index contributed by atoms with van der Waals surface area (Å²) in [5.41, 5.74) is 1.80. The maximum Gasteiger partial charge on any atom is 0.143 e. The van der Waals surface area contributed by atoms with Gasteiger partial charge in [-0.15, -0.1) is 0 Å². The van der Waals surface area contributed by atoms with Gasteiger partial charge < -0.3 is 10.1 Å². The lowest BCUT2D eigenvalue weighted by Crippen LogP contribution is -2.08. The first-order valence-electron chi connectivity index (χ1n) is 6.94. The molecule has 0 fully saturated rings. The molecule has 21 heavy (non-hydrogen) atoms. The lowest BCUT2D eigenvalue weighted by atomic mass is 10.1. The van der Waals surface area contributed by atoms with Crippen molar-refractivity contribution in [1.29, 1.82) is 0 Å². The zero-order valence-electron chi connectivity index (χ0n) is 12.4. The molecule has 0 aliphatic rings. The Bertz CT molecular complexity index is 598. The molecule has 0 aliphatic carbocycles. The van der Waals surface area contributed by atoms with E-state index in [-0.39, 0.29) is 17.2 Å². The molecule has 112 valence electrons. The van der Waals surface area contributed by atoms with E-state index in [4.69, 9.17) is 16.3 Å². The molecule has 2 nitrogen and oxygen atoms in total. The number of nitrogens with one attached hydrogen (secondary N) is 1. The average molecular weight is 308 g/mol. The van der Waals surface area contributed by atoms with Gasteiger partial charge in [0.25, 0.3) is 0 Å². The van der Waals surface area contributed by atoms with Crippen LogP contribution in [0.25, 0.3) is 0 Å². The van der Waals surface area contributed by atoms with E-state index in [0.29, 0.717) is 5.69 Å². The first-order valence-corrected chi connectivity index (χ1v) is 7.31. The van der Waals surface area contributed by atoms with Gasteiger partial charge in [0.15, 0.2) is 0 Å². The van der Waals surface area contributed by atoms with Gasteiger partial charge in [-0.1, -0.05) is 23.7 Å². The van der Waals surface area contributed by atoms with Crippen LogP contribution < -0.4 is 10.1 Å². The summed E-state index contributed by atoms with van der Waals surface area (Å²) >= 11 is 5.68. The van der Waals surface area contributed by atoms with Crippen molar-refractivity contribution in [1.82, 2.24) is 0 Å². The molecule has 2 rings (SSSR count). The summed E-state index contributed by atoms with van der Waals surface area (Å²) in [4.78, 5) is 0. The Morgan fingerprint density at radius 3 is 2.29 bits per heavy atom. The van der Waals surface area contributed by atoms with E-state index in [0.717, 1.165) is 11.3 Å². The van der Waals surface area contributed by atoms with Crippen LogP contribution in [0, 0.1) is 5.82 Å². The Morgan fingerprint density at radius 1 is 1.05 bits per heavy atom. The smallest absolute Gasteiger partial charge is 0.143 e. The molecule has 0 heterocycles. The second kappa shape index (κ2) is 6.81. The van der Waals surface area contributed by atoms with Crippen LogP contribution in [0.1, 0.15) is 32.4 Å². The molecule has 4 heteroatoms. The van der Waals surface area contributed by atoms with Crippen molar-refractivity contribution < 1.29 is 9.13 Å².